The molecule has 0 spiro atoms. The molecule has 0 fully saturated rings. The summed E-state index contributed by atoms with van der Waals surface area (Å²) in [5.74, 6) is -0.335. The van der Waals surface area contributed by atoms with E-state index in [0.29, 0.717) is 16.8 Å². The van der Waals surface area contributed by atoms with E-state index >= 15 is 0 Å². The monoisotopic (exact) mass is 492 g/mol. The lowest BCUT2D eigenvalue weighted by atomic mass is 9.91. The van der Waals surface area contributed by atoms with Crippen molar-refractivity contribution >= 4 is 40.5 Å². The third kappa shape index (κ3) is 4.57. The molecule has 0 bridgehead atoms. The molecule has 33 heavy (non-hydrogen) atoms. The normalized spacial score (nSPS) is 17.9. The van der Waals surface area contributed by atoms with Crippen molar-refractivity contribution in [3.05, 3.63) is 105 Å². The SMILES string of the molecule is Cc1ccc(C2=CC(c3cc(Cl)cc(Cl)c3)(C(F)(F)F)ON2)cc1NC(=O)c1ccccc1. The van der Waals surface area contributed by atoms with E-state index in [9.17, 15) is 18.0 Å². The Morgan fingerprint density at radius 3 is 2.30 bits per heavy atom. The Morgan fingerprint density at radius 1 is 1.00 bits per heavy atom. The molecule has 1 unspecified atom stereocenters. The number of carbonyl (C=O) groups is 1. The van der Waals surface area contributed by atoms with Gasteiger partial charge in [0.2, 0.25) is 5.60 Å². The number of halogens is 5. The molecule has 3 aromatic rings. The van der Waals surface area contributed by atoms with Crippen LogP contribution in [-0.4, -0.2) is 12.1 Å². The van der Waals surface area contributed by atoms with Gasteiger partial charge in [-0.1, -0.05) is 53.5 Å². The van der Waals surface area contributed by atoms with Gasteiger partial charge in [0.1, 0.15) is 0 Å². The van der Waals surface area contributed by atoms with Crippen LogP contribution < -0.4 is 10.8 Å². The largest absolute Gasteiger partial charge is 0.428 e. The van der Waals surface area contributed by atoms with E-state index in [2.05, 4.69) is 10.8 Å². The number of hydrogen-bond acceptors (Lipinski definition) is 3. The Morgan fingerprint density at radius 2 is 1.67 bits per heavy atom. The van der Waals surface area contributed by atoms with Crippen molar-refractivity contribution in [2.45, 2.75) is 18.7 Å². The highest BCUT2D eigenvalue weighted by Crippen LogP contribution is 2.48. The molecule has 0 aromatic heterocycles. The standard InChI is InChI=1S/C24H17Cl2F3N2O2/c1-14-7-8-16(9-20(14)30-22(32)15-5-3-2-4-6-15)21-13-23(33-31-21,24(27,28)29)17-10-18(25)12-19(26)11-17/h2-13,31H,1H3,(H,30,32). The number of benzene rings is 3. The smallest absolute Gasteiger partial charge is 0.322 e. The summed E-state index contributed by atoms with van der Waals surface area (Å²) in [6.07, 6.45) is -3.88. The summed E-state index contributed by atoms with van der Waals surface area (Å²) in [5.41, 5.74) is 1.45. The summed E-state index contributed by atoms with van der Waals surface area (Å²) < 4.78 is 42.6. The zero-order valence-electron chi connectivity index (χ0n) is 17.1. The van der Waals surface area contributed by atoms with Crippen LogP contribution in [0.3, 0.4) is 0 Å². The number of carbonyl (C=O) groups excluding carboxylic acids is 1. The molecule has 1 atom stereocenters. The van der Waals surface area contributed by atoms with Crippen LogP contribution in [-0.2, 0) is 10.4 Å². The minimum Gasteiger partial charge on any atom is -0.322 e. The van der Waals surface area contributed by atoms with E-state index in [1.165, 1.54) is 6.07 Å². The molecular weight excluding hydrogens is 476 g/mol. The van der Waals surface area contributed by atoms with Crippen molar-refractivity contribution in [2.75, 3.05) is 5.32 Å². The lowest BCUT2D eigenvalue weighted by Gasteiger charge is -2.28. The highest BCUT2D eigenvalue weighted by Gasteiger charge is 2.59. The van der Waals surface area contributed by atoms with E-state index in [-0.39, 0.29) is 27.2 Å². The van der Waals surface area contributed by atoms with Crippen LogP contribution in [0.5, 0.6) is 0 Å². The van der Waals surface area contributed by atoms with Gasteiger partial charge in [0.05, 0.1) is 5.70 Å². The van der Waals surface area contributed by atoms with Gasteiger partial charge in [-0.2, -0.15) is 13.2 Å². The molecule has 1 aliphatic heterocycles. The Balaban J connectivity index is 1.72. The Labute approximate surface area is 197 Å². The van der Waals surface area contributed by atoms with E-state index in [0.717, 1.165) is 23.8 Å². The van der Waals surface area contributed by atoms with Crippen LogP contribution in [0.25, 0.3) is 5.70 Å². The maximum absolute atomic E-state index is 14.2. The molecule has 3 aromatic carbocycles. The number of hydrogen-bond donors (Lipinski definition) is 2. The summed E-state index contributed by atoms with van der Waals surface area (Å²) in [6, 6.07) is 17.2. The summed E-state index contributed by atoms with van der Waals surface area (Å²) in [4.78, 5) is 17.7. The lowest BCUT2D eigenvalue weighted by molar-refractivity contribution is -0.269. The summed E-state index contributed by atoms with van der Waals surface area (Å²) >= 11 is 11.9. The van der Waals surface area contributed by atoms with Gasteiger partial charge in [-0.3, -0.25) is 15.1 Å². The molecular formula is C24H17Cl2F3N2O2. The highest BCUT2D eigenvalue weighted by molar-refractivity contribution is 6.34. The van der Waals surface area contributed by atoms with Crippen LogP contribution in [0.1, 0.15) is 27.0 Å². The fourth-order valence-corrected chi connectivity index (χ4v) is 3.99. The first-order chi connectivity index (χ1) is 15.6. The number of nitrogens with one attached hydrogen (secondary N) is 2. The summed E-state index contributed by atoms with van der Waals surface area (Å²) in [7, 11) is 0. The number of amides is 1. The fourth-order valence-electron chi connectivity index (χ4n) is 3.46. The Bertz CT molecular complexity index is 1230. The van der Waals surface area contributed by atoms with Crippen molar-refractivity contribution in [3.63, 3.8) is 0 Å². The van der Waals surface area contributed by atoms with Crippen molar-refractivity contribution in [3.8, 4) is 0 Å². The number of anilines is 1. The molecule has 0 aliphatic carbocycles. The molecule has 4 rings (SSSR count). The molecule has 1 aliphatic rings. The molecule has 4 nitrogen and oxygen atoms in total. The van der Waals surface area contributed by atoms with Crippen molar-refractivity contribution in [2.24, 2.45) is 0 Å². The van der Waals surface area contributed by atoms with E-state index in [4.69, 9.17) is 28.0 Å². The van der Waals surface area contributed by atoms with Crippen LogP contribution in [0.15, 0.2) is 72.8 Å². The van der Waals surface area contributed by atoms with Crippen LogP contribution in [0.2, 0.25) is 10.0 Å². The number of rotatable bonds is 4. The first kappa shape index (κ1) is 23.2. The van der Waals surface area contributed by atoms with Gasteiger partial charge >= 0.3 is 6.18 Å². The molecule has 0 saturated carbocycles. The van der Waals surface area contributed by atoms with Crippen molar-refractivity contribution in [1.82, 2.24) is 5.48 Å². The maximum Gasteiger partial charge on any atom is 0.428 e. The minimum absolute atomic E-state index is 0.0489. The second-order valence-electron chi connectivity index (χ2n) is 7.50. The van der Waals surface area contributed by atoms with Gasteiger partial charge in [-0.05, 0) is 55.0 Å². The Kier molecular flexibility index (Phi) is 6.14. The van der Waals surface area contributed by atoms with E-state index in [1.807, 2.05) is 0 Å². The zero-order valence-corrected chi connectivity index (χ0v) is 18.6. The molecule has 0 saturated heterocycles. The van der Waals surface area contributed by atoms with Gasteiger partial charge in [0.15, 0.2) is 0 Å². The van der Waals surface area contributed by atoms with Crippen LogP contribution in [0, 0.1) is 6.92 Å². The minimum atomic E-state index is -4.81. The predicted octanol–water partition coefficient (Wildman–Crippen LogP) is 6.89. The Hall–Kier alpha value is -3.00. The molecule has 1 heterocycles. The van der Waals surface area contributed by atoms with Gasteiger partial charge < -0.3 is 5.32 Å². The third-order valence-corrected chi connectivity index (χ3v) is 5.65. The second-order valence-corrected chi connectivity index (χ2v) is 8.38. The molecule has 1 amide bonds. The van der Waals surface area contributed by atoms with Gasteiger partial charge in [-0.25, -0.2) is 0 Å². The van der Waals surface area contributed by atoms with E-state index < -0.39 is 11.8 Å². The topological polar surface area (TPSA) is 50.4 Å². The molecule has 2 N–H and O–H groups in total. The predicted molar refractivity (Wildman–Crippen MR) is 122 cm³/mol. The third-order valence-electron chi connectivity index (χ3n) is 5.21. The maximum atomic E-state index is 14.2. The average molecular weight is 493 g/mol. The van der Waals surface area contributed by atoms with Crippen molar-refractivity contribution in [1.29, 1.82) is 0 Å². The average Bonchev–Trinajstić information content (AvgIpc) is 3.22. The lowest BCUT2D eigenvalue weighted by Crippen LogP contribution is -2.42. The van der Waals surface area contributed by atoms with Crippen LogP contribution >= 0.6 is 23.2 Å². The van der Waals surface area contributed by atoms with Gasteiger partial charge in [0, 0.05) is 32.4 Å². The quantitative estimate of drug-likeness (QED) is 0.416. The fraction of sp³-hybridized carbons (Fsp3) is 0.125. The van der Waals surface area contributed by atoms with Crippen LogP contribution in [0.4, 0.5) is 18.9 Å². The van der Waals surface area contributed by atoms with Gasteiger partial charge in [0.25, 0.3) is 5.91 Å². The molecule has 170 valence electrons. The first-order valence-electron chi connectivity index (χ1n) is 9.77. The highest BCUT2D eigenvalue weighted by atomic mass is 35.5. The summed E-state index contributed by atoms with van der Waals surface area (Å²) in [6.45, 7) is 1.78. The zero-order chi connectivity index (χ0) is 23.8. The first-order valence-corrected chi connectivity index (χ1v) is 10.5. The van der Waals surface area contributed by atoms with E-state index in [1.54, 1.807) is 55.5 Å². The number of alkyl halides is 3. The number of aryl methyl sites for hydroxylation is 1. The second kappa shape index (κ2) is 8.74. The van der Waals surface area contributed by atoms with Crippen molar-refractivity contribution < 1.29 is 22.8 Å². The number of hydroxylamine groups is 1. The molecule has 0 radical (unpaired) electrons. The van der Waals surface area contributed by atoms with Gasteiger partial charge in [-0.15, -0.1) is 0 Å². The summed E-state index contributed by atoms with van der Waals surface area (Å²) in [5, 5.41) is 2.89. The molecule has 9 heteroatoms.